The molecule has 26 heavy (non-hydrogen) atoms. The quantitative estimate of drug-likeness (QED) is 0.791. The summed E-state index contributed by atoms with van der Waals surface area (Å²) in [6.07, 6.45) is 4.73. The zero-order chi connectivity index (χ0) is 18.5. The number of piperidine rings is 1. The van der Waals surface area contributed by atoms with Crippen LogP contribution in [0.5, 0.6) is 0 Å². The summed E-state index contributed by atoms with van der Waals surface area (Å²) in [7, 11) is 0. The van der Waals surface area contributed by atoms with E-state index in [1.165, 1.54) is 0 Å². The highest BCUT2D eigenvalue weighted by atomic mass is 32.1. The van der Waals surface area contributed by atoms with Crippen LogP contribution in [-0.2, 0) is 4.79 Å². The molecule has 2 aromatic heterocycles. The number of thiophene rings is 1. The van der Waals surface area contributed by atoms with Gasteiger partial charge in [0, 0.05) is 30.4 Å². The maximum absolute atomic E-state index is 13.2. The molecular formula is C18H20N4O3S. The molecule has 0 bridgehead atoms. The third kappa shape index (κ3) is 2.52. The molecule has 2 N–H and O–H groups in total. The van der Waals surface area contributed by atoms with Crippen molar-refractivity contribution in [2.24, 2.45) is 0 Å². The van der Waals surface area contributed by atoms with E-state index in [9.17, 15) is 14.4 Å². The molecule has 7 nitrogen and oxygen atoms in total. The Balaban J connectivity index is 1.59. The van der Waals surface area contributed by atoms with Crippen LogP contribution < -0.4 is 10.6 Å². The molecule has 0 unspecified atom stereocenters. The number of carbonyl (C=O) groups is 3. The van der Waals surface area contributed by atoms with Crippen LogP contribution in [0, 0.1) is 13.8 Å². The van der Waals surface area contributed by atoms with Crippen LogP contribution in [-0.4, -0.2) is 45.9 Å². The summed E-state index contributed by atoms with van der Waals surface area (Å²) in [5, 5.41) is 5.95. The van der Waals surface area contributed by atoms with Gasteiger partial charge in [-0.15, -0.1) is 11.3 Å². The first-order valence-corrected chi connectivity index (χ1v) is 9.39. The number of nitrogens with one attached hydrogen (secondary N) is 2. The summed E-state index contributed by atoms with van der Waals surface area (Å²) in [4.78, 5) is 39.7. The summed E-state index contributed by atoms with van der Waals surface area (Å²) in [6, 6.07) is 3.42. The molecule has 8 heteroatoms. The molecule has 0 atom stereocenters. The van der Waals surface area contributed by atoms with Gasteiger partial charge < -0.3 is 14.8 Å². The Morgan fingerprint density at radius 3 is 2.38 bits per heavy atom. The van der Waals surface area contributed by atoms with E-state index < -0.39 is 11.6 Å². The van der Waals surface area contributed by atoms with E-state index in [1.54, 1.807) is 16.2 Å². The molecule has 2 aromatic rings. The van der Waals surface area contributed by atoms with Crippen molar-refractivity contribution >= 4 is 29.2 Å². The molecule has 2 aliphatic heterocycles. The van der Waals surface area contributed by atoms with Crippen molar-refractivity contribution in [1.29, 1.82) is 0 Å². The van der Waals surface area contributed by atoms with E-state index >= 15 is 0 Å². The summed E-state index contributed by atoms with van der Waals surface area (Å²) in [5.41, 5.74) is 0.854. The van der Waals surface area contributed by atoms with Gasteiger partial charge in [0.05, 0.1) is 5.56 Å². The molecule has 4 heterocycles. The summed E-state index contributed by atoms with van der Waals surface area (Å²) in [5.74, 6) is -0.305. The van der Waals surface area contributed by atoms with Crippen LogP contribution in [0.25, 0.3) is 5.00 Å². The van der Waals surface area contributed by atoms with Crippen LogP contribution in [0.15, 0.2) is 24.5 Å². The zero-order valence-electron chi connectivity index (χ0n) is 14.7. The Hall–Kier alpha value is -2.61. The molecule has 0 radical (unpaired) electrons. The monoisotopic (exact) mass is 372 g/mol. The average molecular weight is 372 g/mol. The van der Waals surface area contributed by atoms with Gasteiger partial charge in [-0.2, -0.15) is 0 Å². The number of hydrogen-bond donors (Lipinski definition) is 2. The normalized spacial score (nSPS) is 18.9. The van der Waals surface area contributed by atoms with Gasteiger partial charge in [0.15, 0.2) is 0 Å². The van der Waals surface area contributed by atoms with Crippen molar-refractivity contribution in [2.75, 3.05) is 13.1 Å². The smallest absolute Gasteiger partial charge is 0.322 e. The van der Waals surface area contributed by atoms with E-state index in [0.717, 1.165) is 21.0 Å². The predicted octanol–water partition coefficient (Wildman–Crippen LogP) is 1.97. The van der Waals surface area contributed by atoms with Gasteiger partial charge in [0.1, 0.15) is 10.5 Å². The predicted molar refractivity (Wildman–Crippen MR) is 97.7 cm³/mol. The van der Waals surface area contributed by atoms with Gasteiger partial charge in [-0.1, -0.05) is 0 Å². The summed E-state index contributed by atoms with van der Waals surface area (Å²) < 4.78 is 1.97. The largest absolute Gasteiger partial charge is 0.338 e. The second kappa shape index (κ2) is 5.98. The molecule has 0 saturated carbocycles. The Morgan fingerprint density at radius 2 is 1.81 bits per heavy atom. The second-order valence-electron chi connectivity index (χ2n) is 6.84. The lowest BCUT2D eigenvalue weighted by atomic mass is 9.87. The van der Waals surface area contributed by atoms with E-state index in [2.05, 4.69) is 10.6 Å². The van der Waals surface area contributed by atoms with Crippen LogP contribution in [0.2, 0.25) is 0 Å². The number of rotatable bonds is 2. The Kier molecular flexibility index (Phi) is 3.87. The number of imide groups is 1. The molecule has 2 fully saturated rings. The topological polar surface area (TPSA) is 83.4 Å². The molecule has 1 spiro atoms. The highest BCUT2D eigenvalue weighted by Crippen LogP contribution is 2.33. The summed E-state index contributed by atoms with van der Waals surface area (Å²) in [6.45, 7) is 4.87. The van der Waals surface area contributed by atoms with Crippen LogP contribution in [0.4, 0.5) is 4.79 Å². The van der Waals surface area contributed by atoms with Gasteiger partial charge in [0.2, 0.25) is 0 Å². The van der Waals surface area contributed by atoms with Gasteiger partial charge in [0.25, 0.3) is 11.8 Å². The van der Waals surface area contributed by atoms with E-state index in [1.807, 2.05) is 42.9 Å². The van der Waals surface area contributed by atoms with Crippen molar-refractivity contribution in [3.63, 3.8) is 0 Å². The van der Waals surface area contributed by atoms with E-state index in [4.69, 9.17) is 0 Å². The van der Waals surface area contributed by atoms with Gasteiger partial charge in [-0.05, 0) is 44.4 Å². The Bertz CT molecular complexity index is 892. The number of carbonyl (C=O) groups excluding carboxylic acids is 3. The highest BCUT2D eigenvalue weighted by molar-refractivity contribution is 7.15. The highest BCUT2D eigenvalue weighted by Gasteiger charge is 2.48. The fourth-order valence-electron chi connectivity index (χ4n) is 3.64. The third-order valence-corrected chi connectivity index (χ3v) is 6.56. The third-order valence-electron chi connectivity index (χ3n) is 5.34. The minimum atomic E-state index is -0.864. The lowest BCUT2D eigenvalue weighted by molar-refractivity contribution is -0.125. The maximum Gasteiger partial charge on any atom is 0.322 e. The van der Waals surface area contributed by atoms with Crippen molar-refractivity contribution in [1.82, 2.24) is 20.1 Å². The molecule has 0 aliphatic carbocycles. The van der Waals surface area contributed by atoms with Crippen molar-refractivity contribution in [3.8, 4) is 5.00 Å². The molecule has 4 amide bonds. The second-order valence-corrected chi connectivity index (χ2v) is 8.04. The Morgan fingerprint density at radius 1 is 1.15 bits per heavy atom. The number of aromatic nitrogens is 1. The van der Waals surface area contributed by atoms with Crippen molar-refractivity contribution in [2.45, 2.75) is 32.2 Å². The molecule has 2 aliphatic rings. The summed E-state index contributed by atoms with van der Waals surface area (Å²) >= 11 is 1.60. The minimum absolute atomic E-state index is 0.0184. The maximum atomic E-state index is 13.2. The number of urea groups is 1. The lowest BCUT2D eigenvalue weighted by Crippen LogP contribution is -2.55. The van der Waals surface area contributed by atoms with Crippen molar-refractivity contribution in [3.05, 3.63) is 40.5 Å². The van der Waals surface area contributed by atoms with Crippen LogP contribution in [0.3, 0.4) is 0 Å². The van der Waals surface area contributed by atoms with Gasteiger partial charge in [-0.25, -0.2) is 4.79 Å². The SMILES string of the molecule is Cc1sc(-n2cccc2)c(C(=O)N2CCC3(CC2)NC(=O)NC3=O)c1C. The first-order chi connectivity index (χ1) is 12.4. The van der Waals surface area contributed by atoms with E-state index in [-0.39, 0.29) is 11.8 Å². The molecule has 4 rings (SSSR count). The molecule has 2 saturated heterocycles. The van der Waals surface area contributed by atoms with Gasteiger partial charge in [-0.3, -0.25) is 14.9 Å². The average Bonchev–Trinajstić information content (AvgIpc) is 3.29. The first kappa shape index (κ1) is 16.8. The van der Waals surface area contributed by atoms with Gasteiger partial charge >= 0.3 is 6.03 Å². The lowest BCUT2D eigenvalue weighted by Gasteiger charge is -2.37. The number of likely N-dealkylation sites (tertiary alicyclic amines) is 1. The van der Waals surface area contributed by atoms with Crippen LogP contribution >= 0.6 is 11.3 Å². The number of hydrogen-bond acceptors (Lipinski definition) is 4. The minimum Gasteiger partial charge on any atom is -0.338 e. The number of amides is 4. The van der Waals surface area contributed by atoms with Crippen molar-refractivity contribution < 1.29 is 14.4 Å². The zero-order valence-corrected chi connectivity index (χ0v) is 15.5. The Labute approximate surface area is 155 Å². The molecule has 136 valence electrons. The standard InChI is InChI=1S/C18H20N4O3S/c1-11-12(2)26-15(22-7-3-4-8-22)13(11)14(23)21-9-5-18(6-10-21)16(24)19-17(25)20-18/h3-4,7-8H,5-6,9-10H2,1-2H3,(H2,19,20,24,25). The molecular weight excluding hydrogens is 352 g/mol. The molecule has 0 aromatic carbocycles. The number of aryl methyl sites for hydroxylation is 1. The van der Waals surface area contributed by atoms with Crippen LogP contribution in [0.1, 0.15) is 33.6 Å². The fourth-order valence-corrected chi connectivity index (χ4v) is 4.76. The van der Waals surface area contributed by atoms with E-state index in [0.29, 0.717) is 25.9 Å². The fraction of sp³-hybridized carbons (Fsp3) is 0.389. The first-order valence-electron chi connectivity index (χ1n) is 8.57. The number of nitrogens with zero attached hydrogens (tertiary/aromatic N) is 2.